The molecule has 0 bridgehead atoms. The number of unbranched alkanes of at least 4 members (excludes halogenated alkanes) is 5. The first-order valence-corrected chi connectivity index (χ1v) is 23.1. The van der Waals surface area contributed by atoms with Gasteiger partial charge < -0.3 is 25.6 Å². The normalized spacial score (nSPS) is 13.7. The molecule has 0 heterocycles. The number of carboxylic acid groups (broad SMARTS) is 1. The topological polar surface area (TPSA) is 142 Å². The zero-order valence-electron chi connectivity index (χ0n) is 38.1. The van der Waals surface area contributed by atoms with Gasteiger partial charge in [-0.1, -0.05) is 154 Å². The molecule has 4 N–H and O–H groups in total. The van der Waals surface area contributed by atoms with Gasteiger partial charge in [-0.25, -0.2) is 4.79 Å². The monoisotopic (exact) mass is 857 g/mol. The van der Waals surface area contributed by atoms with E-state index in [9.17, 15) is 19.2 Å². The standard InChI is InChI=1S/C53H80N2O7/c1-3-5-7-9-11-13-15-17-19-20-21-22-23-24-25-26-27-29-31-33-35-37-39-45-52(59)62-48(42-38-36-34-32-30-28-18-16-14-12-10-8-6-4-2)43-40-41-44-50(57)54-46-51(58)55-49(47-56)53(60)61/h5-8,11-14,17-19,21-22,24-25,27-29,32,34,38,42,48-49,56H,3-4,9-10,15-16,20,23,26,30-31,33,35-37,39-41,43-47H2,1-2H3,(H,54,57)(H,55,58)(H,60,61)/b7-5-,8-6-,13-11-,14-12-,19-17-,22-21-,25-24-,28-18-,29-27-,34-32-,42-38-. The third-order valence-corrected chi connectivity index (χ3v) is 9.13. The molecule has 2 amide bonds. The minimum absolute atomic E-state index is 0.167. The number of nitrogens with one attached hydrogen (secondary N) is 2. The minimum Gasteiger partial charge on any atom is -0.480 e. The second kappa shape index (κ2) is 45.5. The van der Waals surface area contributed by atoms with Crippen molar-refractivity contribution in [1.29, 1.82) is 0 Å². The Kier molecular flexibility index (Phi) is 41.8. The van der Waals surface area contributed by atoms with E-state index in [2.05, 4.69) is 146 Å². The first-order chi connectivity index (χ1) is 30.3. The number of carbonyl (C=O) groups excluding carboxylic acids is 3. The number of aliphatic carboxylic acids is 1. The van der Waals surface area contributed by atoms with Crippen LogP contribution in [0.25, 0.3) is 0 Å². The average molecular weight is 857 g/mol. The predicted molar refractivity (Wildman–Crippen MR) is 258 cm³/mol. The average Bonchev–Trinajstić information content (AvgIpc) is 3.26. The molecule has 344 valence electrons. The number of ether oxygens (including phenoxy) is 1. The number of hydrogen-bond acceptors (Lipinski definition) is 6. The van der Waals surface area contributed by atoms with Gasteiger partial charge in [0.2, 0.25) is 11.8 Å². The van der Waals surface area contributed by atoms with E-state index in [4.69, 9.17) is 14.9 Å². The lowest BCUT2D eigenvalue weighted by atomic mass is 10.1. The molecular weight excluding hydrogens is 777 g/mol. The fourth-order valence-electron chi connectivity index (χ4n) is 5.66. The third kappa shape index (κ3) is 41.7. The second-order valence-electron chi connectivity index (χ2n) is 14.7. The highest BCUT2D eigenvalue weighted by molar-refractivity contribution is 5.87. The van der Waals surface area contributed by atoms with Gasteiger partial charge in [0.15, 0.2) is 0 Å². The van der Waals surface area contributed by atoms with Gasteiger partial charge in [0, 0.05) is 12.8 Å². The van der Waals surface area contributed by atoms with Crippen molar-refractivity contribution in [3.8, 4) is 0 Å². The zero-order valence-corrected chi connectivity index (χ0v) is 38.1. The number of aliphatic hydroxyl groups excluding tert-OH is 1. The van der Waals surface area contributed by atoms with Gasteiger partial charge in [0.05, 0.1) is 13.2 Å². The molecule has 0 aromatic rings. The number of allylic oxidation sites excluding steroid dienone is 21. The minimum atomic E-state index is -1.42. The summed E-state index contributed by atoms with van der Waals surface area (Å²) in [5.41, 5.74) is 0. The Hall–Kier alpha value is -5.02. The van der Waals surface area contributed by atoms with Crippen molar-refractivity contribution >= 4 is 23.8 Å². The highest BCUT2D eigenvalue weighted by atomic mass is 16.5. The first-order valence-electron chi connectivity index (χ1n) is 23.1. The highest BCUT2D eigenvalue weighted by Crippen LogP contribution is 2.13. The summed E-state index contributed by atoms with van der Waals surface area (Å²) in [5, 5.41) is 22.6. The lowest BCUT2D eigenvalue weighted by Gasteiger charge is -2.15. The summed E-state index contributed by atoms with van der Waals surface area (Å²) < 4.78 is 5.84. The van der Waals surface area contributed by atoms with Gasteiger partial charge in [0.25, 0.3) is 0 Å². The van der Waals surface area contributed by atoms with Crippen LogP contribution in [0, 0.1) is 0 Å². The maximum absolute atomic E-state index is 12.8. The summed E-state index contributed by atoms with van der Waals surface area (Å²) >= 11 is 0. The van der Waals surface area contributed by atoms with Crippen LogP contribution in [-0.2, 0) is 23.9 Å². The molecule has 0 radical (unpaired) electrons. The van der Waals surface area contributed by atoms with Gasteiger partial charge in [-0.3, -0.25) is 14.4 Å². The van der Waals surface area contributed by atoms with Gasteiger partial charge in [0.1, 0.15) is 12.1 Å². The summed E-state index contributed by atoms with van der Waals surface area (Å²) in [6.45, 7) is 3.15. The van der Waals surface area contributed by atoms with Gasteiger partial charge in [-0.15, -0.1) is 0 Å². The van der Waals surface area contributed by atoms with Crippen LogP contribution in [0.2, 0.25) is 0 Å². The quantitative estimate of drug-likeness (QED) is 0.0274. The van der Waals surface area contributed by atoms with Crippen molar-refractivity contribution in [2.45, 2.75) is 161 Å². The van der Waals surface area contributed by atoms with Crippen LogP contribution >= 0.6 is 0 Å². The molecule has 62 heavy (non-hydrogen) atoms. The number of esters is 1. The zero-order chi connectivity index (χ0) is 45.4. The first kappa shape index (κ1) is 57.0. The molecule has 2 unspecified atom stereocenters. The van der Waals surface area contributed by atoms with E-state index in [1.807, 2.05) is 12.2 Å². The van der Waals surface area contributed by atoms with Crippen LogP contribution in [0.3, 0.4) is 0 Å². The summed E-state index contributed by atoms with van der Waals surface area (Å²) in [6, 6.07) is -1.42. The van der Waals surface area contributed by atoms with Gasteiger partial charge in [-0.05, 0) is 115 Å². The van der Waals surface area contributed by atoms with E-state index < -0.39 is 30.6 Å². The SMILES string of the molecule is CC/C=C\C/C=C\C/C=C\C/C=C\C/C=C\C/C=C\CCCCCCC(=O)OC(/C=C\C/C=C\C/C=C\C/C=C\C/C=C\CC)CCCCC(=O)NCC(=O)NC(CO)C(=O)O. The molecule has 0 saturated heterocycles. The van der Waals surface area contributed by atoms with Gasteiger partial charge >= 0.3 is 11.9 Å². The Bertz CT molecular complexity index is 1490. The Labute approximate surface area is 375 Å². The van der Waals surface area contributed by atoms with E-state index in [-0.39, 0.29) is 24.8 Å². The van der Waals surface area contributed by atoms with Crippen molar-refractivity contribution in [3.05, 3.63) is 134 Å². The lowest BCUT2D eigenvalue weighted by molar-refractivity contribution is -0.147. The number of rotatable bonds is 39. The van der Waals surface area contributed by atoms with Crippen LogP contribution in [0.1, 0.15) is 149 Å². The molecule has 0 spiro atoms. The Morgan fingerprint density at radius 2 is 0.919 bits per heavy atom. The summed E-state index contributed by atoms with van der Waals surface area (Å²) in [5.74, 6) is -2.63. The molecule has 0 aromatic carbocycles. The number of amides is 2. The van der Waals surface area contributed by atoms with Crippen molar-refractivity contribution < 1.29 is 34.1 Å². The largest absolute Gasteiger partial charge is 0.480 e. The van der Waals surface area contributed by atoms with Crippen molar-refractivity contribution in [3.63, 3.8) is 0 Å². The molecular formula is C53H80N2O7. The van der Waals surface area contributed by atoms with Crippen LogP contribution in [0.4, 0.5) is 0 Å². The maximum Gasteiger partial charge on any atom is 0.328 e. The predicted octanol–water partition coefficient (Wildman–Crippen LogP) is 11.9. The second-order valence-corrected chi connectivity index (χ2v) is 14.7. The van der Waals surface area contributed by atoms with E-state index in [1.54, 1.807) is 0 Å². The number of carbonyl (C=O) groups is 4. The Morgan fingerprint density at radius 3 is 1.37 bits per heavy atom. The number of carboxylic acids is 1. The van der Waals surface area contributed by atoms with Crippen LogP contribution in [0.15, 0.2) is 134 Å². The molecule has 0 aliphatic heterocycles. The molecule has 2 atom stereocenters. The summed E-state index contributed by atoms with van der Waals surface area (Å²) in [6.07, 6.45) is 64.9. The van der Waals surface area contributed by atoms with Crippen LogP contribution < -0.4 is 10.6 Å². The molecule has 9 heteroatoms. The van der Waals surface area contributed by atoms with Crippen LogP contribution in [-0.4, -0.2) is 59.3 Å². The van der Waals surface area contributed by atoms with E-state index >= 15 is 0 Å². The fraction of sp³-hybridized carbons (Fsp3) is 0.509. The maximum atomic E-state index is 12.8. The van der Waals surface area contributed by atoms with E-state index in [0.717, 1.165) is 96.3 Å². The fourth-order valence-corrected chi connectivity index (χ4v) is 5.66. The molecule has 0 fully saturated rings. The lowest BCUT2D eigenvalue weighted by Crippen LogP contribution is -2.47. The highest BCUT2D eigenvalue weighted by Gasteiger charge is 2.19. The Balaban J connectivity index is 4.54. The molecule has 0 aliphatic rings. The number of hydrogen-bond donors (Lipinski definition) is 4. The van der Waals surface area contributed by atoms with Crippen molar-refractivity contribution in [2.75, 3.05) is 13.2 Å². The Morgan fingerprint density at radius 1 is 0.500 bits per heavy atom. The van der Waals surface area contributed by atoms with Crippen molar-refractivity contribution in [2.24, 2.45) is 0 Å². The smallest absolute Gasteiger partial charge is 0.328 e. The molecule has 9 nitrogen and oxygen atoms in total. The summed E-state index contributed by atoms with van der Waals surface area (Å²) in [4.78, 5) is 47.9. The van der Waals surface area contributed by atoms with Gasteiger partial charge in [-0.2, -0.15) is 0 Å². The molecule has 0 aromatic heterocycles. The molecule has 0 saturated carbocycles. The van der Waals surface area contributed by atoms with E-state index in [0.29, 0.717) is 32.1 Å². The molecule has 0 aliphatic carbocycles. The molecule has 0 rings (SSSR count). The number of aliphatic hydroxyl groups is 1. The third-order valence-electron chi connectivity index (χ3n) is 9.13. The van der Waals surface area contributed by atoms with E-state index in [1.165, 1.54) is 0 Å². The van der Waals surface area contributed by atoms with Crippen LogP contribution in [0.5, 0.6) is 0 Å². The van der Waals surface area contributed by atoms with Crippen molar-refractivity contribution in [1.82, 2.24) is 10.6 Å². The summed E-state index contributed by atoms with van der Waals surface area (Å²) in [7, 11) is 0.